The number of fused-ring (bicyclic) bond motifs is 1. The van der Waals surface area contributed by atoms with E-state index in [1.54, 1.807) is 11.3 Å². The minimum atomic E-state index is -2.88. The van der Waals surface area contributed by atoms with E-state index in [0.717, 1.165) is 20.6 Å². The second-order valence-electron chi connectivity index (χ2n) is 5.79. The van der Waals surface area contributed by atoms with Crippen molar-refractivity contribution in [1.29, 1.82) is 0 Å². The number of benzene rings is 3. The summed E-state index contributed by atoms with van der Waals surface area (Å²) in [6, 6.07) is 28.0. The molecule has 0 fully saturated rings. The van der Waals surface area contributed by atoms with Gasteiger partial charge in [0.05, 0.1) is 4.62 Å². The maximum absolute atomic E-state index is 14.5. The summed E-state index contributed by atoms with van der Waals surface area (Å²) in [5.41, 5.74) is 0. The molecule has 1 heterocycles. The Balaban J connectivity index is 2.09. The largest absolute Gasteiger partial charge is 0.308 e. The molecule has 1 nitrogen and oxygen atoms in total. The van der Waals surface area contributed by atoms with Gasteiger partial charge in [-0.25, -0.2) is 0 Å². The Bertz CT molecular complexity index is 992. The van der Waals surface area contributed by atoms with Crippen LogP contribution in [0.25, 0.3) is 10.8 Å². The van der Waals surface area contributed by atoms with Gasteiger partial charge in [0.15, 0.2) is 7.14 Å². The zero-order chi connectivity index (χ0) is 16.6. The van der Waals surface area contributed by atoms with Gasteiger partial charge in [-0.2, -0.15) is 0 Å². The van der Waals surface area contributed by atoms with E-state index in [9.17, 15) is 4.57 Å². The van der Waals surface area contributed by atoms with Crippen LogP contribution in [0.3, 0.4) is 0 Å². The van der Waals surface area contributed by atoms with Crippen molar-refractivity contribution in [1.82, 2.24) is 0 Å². The second-order valence-corrected chi connectivity index (χ2v) is 10.0. The van der Waals surface area contributed by atoms with E-state index in [1.165, 1.54) is 10.3 Å². The molecule has 0 aliphatic carbocycles. The van der Waals surface area contributed by atoms with Crippen LogP contribution in [0.2, 0.25) is 0 Å². The topological polar surface area (TPSA) is 17.1 Å². The van der Waals surface area contributed by atoms with E-state index < -0.39 is 7.14 Å². The van der Waals surface area contributed by atoms with Crippen LogP contribution in [0.1, 0.15) is 4.88 Å². The molecule has 0 spiro atoms. The van der Waals surface area contributed by atoms with Crippen molar-refractivity contribution in [2.24, 2.45) is 0 Å². The predicted molar refractivity (Wildman–Crippen MR) is 106 cm³/mol. The zero-order valence-corrected chi connectivity index (χ0v) is 15.1. The highest BCUT2D eigenvalue weighted by Gasteiger charge is 2.33. The van der Waals surface area contributed by atoms with Gasteiger partial charge in [-0.15, -0.1) is 11.3 Å². The average Bonchev–Trinajstić information content (AvgIpc) is 3.00. The summed E-state index contributed by atoms with van der Waals surface area (Å²) >= 11 is 1.66. The van der Waals surface area contributed by atoms with Gasteiger partial charge < -0.3 is 4.57 Å². The van der Waals surface area contributed by atoms with Gasteiger partial charge in [0.2, 0.25) is 0 Å². The normalized spacial score (nSPS) is 11.7. The lowest BCUT2D eigenvalue weighted by Gasteiger charge is -2.18. The van der Waals surface area contributed by atoms with Crippen LogP contribution in [-0.4, -0.2) is 0 Å². The summed E-state index contributed by atoms with van der Waals surface area (Å²) in [4.78, 5) is 1.22. The smallest absolute Gasteiger partial charge is 0.181 e. The first-order valence-electron chi connectivity index (χ1n) is 7.91. The van der Waals surface area contributed by atoms with E-state index >= 15 is 0 Å². The molecule has 4 aromatic rings. The monoisotopic (exact) mass is 348 g/mol. The molecular formula is C21H17OPS. The maximum Gasteiger partial charge on any atom is 0.181 e. The molecule has 0 unspecified atom stereocenters. The van der Waals surface area contributed by atoms with Crippen molar-refractivity contribution in [3.63, 3.8) is 0 Å². The maximum atomic E-state index is 14.5. The fourth-order valence-electron chi connectivity index (χ4n) is 3.12. The number of aryl methyl sites for hydroxylation is 1. The highest BCUT2D eigenvalue weighted by atomic mass is 32.1. The van der Waals surface area contributed by atoms with Gasteiger partial charge in [-0.05, 0) is 12.3 Å². The van der Waals surface area contributed by atoms with Crippen molar-refractivity contribution in [2.45, 2.75) is 6.92 Å². The van der Waals surface area contributed by atoms with Gasteiger partial charge in [0.1, 0.15) is 0 Å². The first-order chi connectivity index (χ1) is 11.7. The van der Waals surface area contributed by atoms with Crippen molar-refractivity contribution in [3.05, 3.63) is 89.8 Å². The first kappa shape index (κ1) is 15.4. The molecule has 1 aromatic heterocycles. The van der Waals surface area contributed by atoms with Crippen LogP contribution in [0.15, 0.2) is 84.9 Å². The summed E-state index contributed by atoms with van der Waals surface area (Å²) in [5.74, 6) is 0. The molecule has 0 aliphatic heterocycles. The van der Waals surface area contributed by atoms with Gasteiger partial charge in [-0.3, -0.25) is 0 Å². The van der Waals surface area contributed by atoms with E-state index in [0.29, 0.717) is 0 Å². The van der Waals surface area contributed by atoms with Crippen molar-refractivity contribution in [2.75, 3.05) is 0 Å². The predicted octanol–water partition coefficient (Wildman–Crippen LogP) is 4.85. The van der Waals surface area contributed by atoms with Crippen LogP contribution in [0.5, 0.6) is 0 Å². The molecule has 3 aromatic carbocycles. The molecule has 0 saturated carbocycles. The molecule has 0 radical (unpaired) electrons. The summed E-state index contributed by atoms with van der Waals surface area (Å²) < 4.78 is 15.4. The Morgan fingerprint density at radius 3 is 1.67 bits per heavy atom. The quantitative estimate of drug-likeness (QED) is 0.484. The molecular weight excluding hydrogens is 331 g/mol. The Morgan fingerprint density at radius 2 is 1.12 bits per heavy atom. The van der Waals surface area contributed by atoms with Crippen LogP contribution in [0, 0.1) is 6.92 Å². The van der Waals surface area contributed by atoms with Gasteiger partial charge in [0.25, 0.3) is 0 Å². The fraction of sp³-hybridized carbons (Fsp3) is 0.0476. The summed E-state index contributed by atoms with van der Waals surface area (Å²) in [6.07, 6.45) is 0. The lowest BCUT2D eigenvalue weighted by atomic mass is 10.2. The Hall–Kier alpha value is -2.15. The third kappa shape index (κ3) is 2.34. The van der Waals surface area contributed by atoms with Gasteiger partial charge >= 0.3 is 0 Å². The summed E-state index contributed by atoms with van der Waals surface area (Å²) in [7, 11) is -2.88. The number of hydrogen-bond acceptors (Lipinski definition) is 2. The second kappa shape index (κ2) is 6.05. The van der Waals surface area contributed by atoms with Crippen LogP contribution >= 0.6 is 18.5 Å². The standard InChI is InChI=1S/C21H17OPS/c1-16-19-14-8-9-15-20(19)21(24-16)23(22,17-10-4-2-5-11-17)18-12-6-3-7-13-18/h2-15H,1H3. The molecule has 0 amide bonds. The summed E-state index contributed by atoms with van der Waals surface area (Å²) in [6.45, 7) is 2.11. The number of thiophene rings is 1. The minimum absolute atomic E-state index is 0.892. The molecule has 0 aliphatic rings. The fourth-order valence-corrected chi connectivity index (χ4v) is 8.03. The molecule has 4 rings (SSSR count). The third-order valence-corrected chi connectivity index (χ3v) is 9.16. The lowest BCUT2D eigenvalue weighted by molar-refractivity contribution is 0.593. The van der Waals surface area contributed by atoms with Crippen molar-refractivity contribution in [3.8, 4) is 0 Å². The van der Waals surface area contributed by atoms with E-state index in [2.05, 4.69) is 19.1 Å². The van der Waals surface area contributed by atoms with Crippen LogP contribution in [0.4, 0.5) is 0 Å². The average molecular weight is 348 g/mol. The lowest BCUT2D eigenvalue weighted by Crippen LogP contribution is -2.23. The Kier molecular flexibility index (Phi) is 3.88. The van der Waals surface area contributed by atoms with Crippen molar-refractivity contribution >= 4 is 44.5 Å². The van der Waals surface area contributed by atoms with Crippen LogP contribution in [-0.2, 0) is 4.57 Å². The molecule has 24 heavy (non-hydrogen) atoms. The molecule has 3 heteroatoms. The minimum Gasteiger partial charge on any atom is -0.308 e. The van der Waals surface area contributed by atoms with E-state index in [4.69, 9.17) is 0 Å². The molecule has 0 bridgehead atoms. The van der Waals surface area contributed by atoms with Crippen molar-refractivity contribution < 1.29 is 4.57 Å². The first-order valence-corrected chi connectivity index (χ1v) is 10.4. The SMILES string of the molecule is Cc1sc(P(=O)(c2ccccc2)c2ccccc2)c2ccccc12. The highest BCUT2D eigenvalue weighted by molar-refractivity contribution is 7.89. The third-order valence-electron chi connectivity index (χ3n) is 4.31. The highest BCUT2D eigenvalue weighted by Crippen LogP contribution is 2.47. The molecule has 0 saturated heterocycles. The van der Waals surface area contributed by atoms with Gasteiger partial charge in [0, 0.05) is 20.9 Å². The Labute approximate surface area is 146 Å². The van der Waals surface area contributed by atoms with Crippen LogP contribution < -0.4 is 15.2 Å². The Morgan fingerprint density at radius 1 is 0.667 bits per heavy atom. The molecule has 0 N–H and O–H groups in total. The number of rotatable bonds is 3. The molecule has 0 atom stereocenters. The molecule has 118 valence electrons. The van der Waals surface area contributed by atoms with E-state index in [1.807, 2.05) is 72.8 Å². The zero-order valence-electron chi connectivity index (χ0n) is 13.3. The summed E-state index contributed by atoms with van der Waals surface area (Å²) in [5, 5.41) is 4.09. The van der Waals surface area contributed by atoms with Gasteiger partial charge in [-0.1, -0.05) is 84.9 Å². The number of hydrogen-bond donors (Lipinski definition) is 0. The van der Waals surface area contributed by atoms with E-state index in [-0.39, 0.29) is 0 Å².